The molecule has 0 bridgehead atoms. The van der Waals surface area contributed by atoms with Gasteiger partial charge >= 0.3 is 12.0 Å². The number of nitrogens with one attached hydrogen (secondary N) is 1. The first-order valence-corrected chi connectivity index (χ1v) is 6.00. The van der Waals surface area contributed by atoms with E-state index in [1.165, 1.54) is 30.5 Å². The molecule has 0 fully saturated rings. The van der Waals surface area contributed by atoms with Gasteiger partial charge in [0.25, 0.3) is 0 Å². The van der Waals surface area contributed by atoms with E-state index < -0.39 is 11.0 Å². The molecule has 0 saturated heterocycles. The van der Waals surface area contributed by atoms with E-state index in [1.54, 1.807) is 0 Å². The summed E-state index contributed by atoms with van der Waals surface area (Å²) in [5.41, 5.74) is 2.17. The molecule has 0 aromatic carbocycles. The van der Waals surface area contributed by atoms with Crippen LogP contribution in [0.15, 0.2) is 27.7 Å². The van der Waals surface area contributed by atoms with Crippen LogP contribution < -0.4 is 5.43 Å². The van der Waals surface area contributed by atoms with Crippen molar-refractivity contribution >= 4 is 24.3 Å². The summed E-state index contributed by atoms with van der Waals surface area (Å²) < 4.78 is 9.67. The van der Waals surface area contributed by atoms with E-state index in [1.807, 2.05) is 6.92 Å². The molecule has 1 N–H and O–H groups in total. The summed E-state index contributed by atoms with van der Waals surface area (Å²) in [4.78, 5) is 20.8. The first-order chi connectivity index (χ1) is 9.63. The third-order valence-corrected chi connectivity index (χ3v) is 2.10. The van der Waals surface area contributed by atoms with Crippen molar-refractivity contribution in [3.8, 4) is 0 Å². The van der Waals surface area contributed by atoms with Gasteiger partial charge in [-0.1, -0.05) is 13.3 Å². The van der Waals surface area contributed by atoms with Gasteiger partial charge in [-0.15, -0.1) is 0 Å². The summed E-state index contributed by atoms with van der Waals surface area (Å²) >= 11 is 0. The van der Waals surface area contributed by atoms with Crippen LogP contribution in [0.2, 0.25) is 0 Å². The third-order valence-electron chi connectivity index (χ3n) is 2.10. The zero-order chi connectivity index (χ0) is 14.8. The predicted octanol–water partition coefficient (Wildman–Crippen LogP) is 2.71. The molecule has 1 amide bonds. The molecule has 0 aliphatic carbocycles. The molecular formula is C12H15N3O5. The van der Waals surface area contributed by atoms with Crippen molar-refractivity contribution in [1.29, 1.82) is 0 Å². The van der Waals surface area contributed by atoms with Gasteiger partial charge in [0, 0.05) is 6.21 Å². The highest BCUT2D eigenvalue weighted by atomic mass is 16.6. The first-order valence-electron chi connectivity index (χ1n) is 6.00. The monoisotopic (exact) mass is 281 g/mol. The number of carbonyl (C=O) groups excluding carboxylic acids is 1. The van der Waals surface area contributed by atoms with Crippen molar-refractivity contribution in [1.82, 2.24) is 5.43 Å². The molecule has 0 atom stereocenters. The largest absolute Gasteiger partial charge is 0.448 e. The molecule has 20 heavy (non-hydrogen) atoms. The van der Waals surface area contributed by atoms with E-state index in [0.29, 0.717) is 12.4 Å². The highest BCUT2D eigenvalue weighted by molar-refractivity contribution is 5.78. The first kappa shape index (κ1) is 15.4. The molecular weight excluding hydrogens is 266 g/mol. The highest BCUT2D eigenvalue weighted by Gasteiger charge is 2.09. The maximum atomic E-state index is 11.1. The Balaban J connectivity index is 2.30. The van der Waals surface area contributed by atoms with Gasteiger partial charge in [0.15, 0.2) is 0 Å². The van der Waals surface area contributed by atoms with Crippen molar-refractivity contribution in [2.75, 3.05) is 6.61 Å². The zero-order valence-corrected chi connectivity index (χ0v) is 10.9. The number of nitro groups is 1. The van der Waals surface area contributed by atoms with Gasteiger partial charge in [0.05, 0.1) is 12.7 Å². The van der Waals surface area contributed by atoms with Crippen LogP contribution in [-0.2, 0) is 4.74 Å². The van der Waals surface area contributed by atoms with Crippen LogP contribution >= 0.6 is 0 Å². The molecule has 1 aromatic heterocycles. The van der Waals surface area contributed by atoms with Crippen molar-refractivity contribution < 1.29 is 18.9 Å². The van der Waals surface area contributed by atoms with Gasteiger partial charge in [-0.05, 0) is 24.6 Å². The van der Waals surface area contributed by atoms with Crippen molar-refractivity contribution in [3.05, 3.63) is 34.1 Å². The molecule has 1 rings (SSSR count). The van der Waals surface area contributed by atoms with E-state index in [-0.39, 0.29) is 5.88 Å². The standard InChI is InChI=1S/C12H15N3O5/c1-2-3-9-19-12(16)14-13-8-4-5-10-6-7-11(20-10)15(17)18/h4-8H,2-3,9H2,1H3,(H,14,16)/b5-4+,13-8+. The second kappa shape index (κ2) is 8.46. The number of amides is 1. The fourth-order valence-corrected chi connectivity index (χ4v) is 1.14. The fraction of sp³-hybridized carbons (Fsp3) is 0.333. The molecule has 108 valence electrons. The smallest absolute Gasteiger partial charge is 0.433 e. The normalized spacial score (nSPS) is 11.1. The Labute approximate surface area is 115 Å². The molecule has 8 nitrogen and oxygen atoms in total. The molecule has 0 spiro atoms. The zero-order valence-electron chi connectivity index (χ0n) is 10.9. The summed E-state index contributed by atoms with van der Waals surface area (Å²) in [5.74, 6) is -0.0205. The SMILES string of the molecule is CCCCOC(=O)N/N=C/C=C/c1ccc([N+](=O)[O-])o1. The minimum Gasteiger partial charge on any atom is -0.448 e. The van der Waals surface area contributed by atoms with Crippen LogP contribution in [0.4, 0.5) is 10.7 Å². The van der Waals surface area contributed by atoms with Crippen LogP contribution in [0.25, 0.3) is 6.08 Å². The van der Waals surface area contributed by atoms with Crippen molar-refractivity contribution in [3.63, 3.8) is 0 Å². The Kier molecular flexibility index (Phi) is 6.52. The molecule has 1 heterocycles. The molecule has 8 heteroatoms. The number of rotatable bonds is 7. The summed E-state index contributed by atoms with van der Waals surface area (Å²) in [6.45, 7) is 2.34. The molecule has 0 radical (unpaired) electrons. The van der Waals surface area contributed by atoms with Gasteiger partial charge in [-0.25, -0.2) is 10.2 Å². The maximum Gasteiger partial charge on any atom is 0.433 e. The number of ether oxygens (including phenoxy) is 1. The van der Waals surface area contributed by atoms with E-state index >= 15 is 0 Å². The lowest BCUT2D eigenvalue weighted by molar-refractivity contribution is -0.402. The Morgan fingerprint density at radius 3 is 3.05 bits per heavy atom. The number of carbonyl (C=O) groups is 1. The van der Waals surface area contributed by atoms with Gasteiger partial charge in [0.1, 0.15) is 10.7 Å². The third kappa shape index (κ3) is 5.80. The van der Waals surface area contributed by atoms with E-state index in [0.717, 1.165) is 12.8 Å². The van der Waals surface area contributed by atoms with E-state index in [4.69, 9.17) is 9.15 Å². The molecule has 0 saturated carbocycles. The van der Waals surface area contributed by atoms with Gasteiger partial charge in [0.2, 0.25) is 0 Å². The van der Waals surface area contributed by atoms with Crippen molar-refractivity contribution in [2.24, 2.45) is 5.10 Å². The summed E-state index contributed by atoms with van der Waals surface area (Å²) in [6, 6.07) is 2.70. The fourth-order valence-electron chi connectivity index (χ4n) is 1.14. The molecule has 0 aliphatic rings. The summed E-state index contributed by atoms with van der Waals surface area (Å²) in [5, 5.41) is 14.0. The Morgan fingerprint density at radius 2 is 2.40 bits per heavy atom. The minimum absolute atomic E-state index is 0.314. The average Bonchev–Trinajstić information content (AvgIpc) is 2.87. The lowest BCUT2D eigenvalue weighted by atomic mass is 10.4. The predicted molar refractivity (Wildman–Crippen MR) is 72.3 cm³/mol. The van der Waals surface area contributed by atoms with Crippen LogP contribution in [0.1, 0.15) is 25.5 Å². The second-order valence-corrected chi connectivity index (χ2v) is 3.67. The Morgan fingerprint density at radius 1 is 1.60 bits per heavy atom. The number of furan rings is 1. The summed E-state index contributed by atoms with van der Waals surface area (Å²) in [6.07, 6.45) is 5.35. The van der Waals surface area contributed by atoms with Gasteiger partial charge in [-0.3, -0.25) is 10.1 Å². The lowest BCUT2D eigenvalue weighted by Crippen LogP contribution is -2.19. The average molecular weight is 281 g/mol. The van der Waals surface area contributed by atoms with Crippen LogP contribution in [0, 0.1) is 10.1 Å². The van der Waals surface area contributed by atoms with Gasteiger partial charge < -0.3 is 9.15 Å². The quantitative estimate of drug-likeness (QED) is 0.358. The van der Waals surface area contributed by atoms with Crippen LogP contribution in [0.3, 0.4) is 0 Å². The van der Waals surface area contributed by atoms with E-state index in [2.05, 4.69) is 10.5 Å². The Bertz CT molecular complexity index is 507. The number of hydrazone groups is 1. The van der Waals surface area contributed by atoms with Crippen molar-refractivity contribution in [2.45, 2.75) is 19.8 Å². The lowest BCUT2D eigenvalue weighted by Gasteiger charge is -2.00. The van der Waals surface area contributed by atoms with Crippen LogP contribution in [0.5, 0.6) is 0 Å². The summed E-state index contributed by atoms with van der Waals surface area (Å²) in [7, 11) is 0. The number of unbranched alkanes of at least 4 members (excludes halogenated alkanes) is 1. The van der Waals surface area contributed by atoms with Gasteiger partial charge in [-0.2, -0.15) is 5.10 Å². The molecule has 1 aromatic rings. The number of nitrogens with zero attached hydrogens (tertiary/aromatic N) is 2. The number of hydrogen-bond donors (Lipinski definition) is 1. The topological polar surface area (TPSA) is 107 Å². The highest BCUT2D eigenvalue weighted by Crippen LogP contribution is 2.16. The Hall–Kier alpha value is -2.64. The minimum atomic E-state index is -0.628. The second-order valence-electron chi connectivity index (χ2n) is 3.67. The van der Waals surface area contributed by atoms with E-state index in [9.17, 15) is 14.9 Å². The number of hydrogen-bond acceptors (Lipinski definition) is 6. The molecule has 0 unspecified atom stereocenters. The van der Waals surface area contributed by atoms with Crippen LogP contribution in [-0.4, -0.2) is 23.8 Å². The molecule has 0 aliphatic heterocycles. The number of allylic oxidation sites excluding steroid dienone is 1. The maximum absolute atomic E-state index is 11.1.